The molecule has 21 heavy (non-hydrogen) atoms. The zero-order valence-electron chi connectivity index (χ0n) is 15.8. The Kier molecular flexibility index (Phi) is 7.45. The van der Waals surface area contributed by atoms with Gasteiger partial charge in [0.2, 0.25) is 0 Å². The van der Waals surface area contributed by atoms with E-state index in [2.05, 4.69) is 70.5 Å². The topological polar surface area (TPSA) is 23.6 Å². The molecule has 0 saturated heterocycles. The first-order valence-corrected chi connectivity index (χ1v) is 10.1. The minimum atomic E-state index is -2.19. The van der Waals surface area contributed by atoms with E-state index in [0.29, 0.717) is 6.04 Å². The van der Waals surface area contributed by atoms with Crippen LogP contribution in [0.15, 0.2) is 0 Å². The van der Waals surface area contributed by atoms with Crippen molar-refractivity contribution in [3.05, 3.63) is 0 Å². The van der Waals surface area contributed by atoms with Gasteiger partial charge in [0.1, 0.15) is 0 Å². The Labute approximate surface area is 134 Å². The molecule has 0 aromatic rings. The smallest absolute Gasteiger partial charge is 0.0250 e. The average Bonchev–Trinajstić information content (AvgIpc) is 2.21. The summed E-state index contributed by atoms with van der Waals surface area (Å²) < 4.78 is 14.5. The van der Waals surface area contributed by atoms with E-state index in [4.69, 9.17) is 0 Å². The monoisotopic (exact) mass is 318 g/mol. The molecule has 128 valence electrons. The molecule has 0 aliphatic heterocycles. The summed E-state index contributed by atoms with van der Waals surface area (Å²) in [5, 5.41) is 0. The van der Waals surface area contributed by atoms with Crippen LogP contribution in [0.5, 0.6) is 0 Å². The molecule has 0 rings (SSSR count). The Hall–Kier alpha value is -0.0600. The van der Waals surface area contributed by atoms with Gasteiger partial charge in [-0.05, 0) is 51.9 Å². The lowest BCUT2D eigenvalue weighted by Crippen LogP contribution is -2.51. The summed E-state index contributed by atoms with van der Waals surface area (Å²) in [5.74, 6) is 3.89. The summed E-state index contributed by atoms with van der Waals surface area (Å²) in [6.45, 7) is 20.5. The van der Waals surface area contributed by atoms with Crippen LogP contribution >= 0.6 is 0 Å². The summed E-state index contributed by atoms with van der Waals surface area (Å²) in [4.78, 5) is 2.52. The highest BCUT2D eigenvalue weighted by Gasteiger charge is 2.29. The summed E-state index contributed by atoms with van der Waals surface area (Å²) in [5.41, 5.74) is 0.121. The second-order valence-corrected chi connectivity index (χ2v) is 10.7. The second kappa shape index (κ2) is 7.47. The predicted octanol–water partition coefficient (Wildman–Crippen LogP) is 3.49. The average molecular weight is 319 g/mol. The molecule has 0 N–H and O–H groups in total. The summed E-state index contributed by atoms with van der Waals surface area (Å²) in [6, 6.07) is 0.497. The van der Waals surface area contributed by atoms with Gasteiger partial charge in [0, 0.05) is 40.6 Å². The third kappa shape index (κ3) is 7.16. The molecule has 2 unspecified atom stereocenters. The molecule has 0 aromatic carbocycles. The molecule has 0 aromatic heterocycles. The standard InChI is InChI=1S/C17H38N2OS/c1-11-12-18(15(2)16(3,4)5)13-14-19(17(6,7)8)21(9,10)20/h15H,9,11-14H2,1-8,10H3. The van der Waals surface area contributed by atoms with Gasteiger partial charge in [-0.25, -0.2) is 4.31 Å². The third-order valence-corrected chi connectivity index (χ3v) is 5.78. The van der Waals surface area contributed by atoms with E-state index in [1.54, 1.807) is 6.26 Å². The molecule has 0 aliphatic carbocycles. The minimum absolute atomic E-state index is 0.129. The van der Waals surface area contributed by atoms with E-state index in [1.807, 2.05) is 0 Å². The molecule has 0 saturated carbocycles. The van der Waals surface area contributed by atoms with Crippen molar-refractivity contribution in [2.75, 3.05) is 25.9 Å². The summed E-state index contributed by atoms with van der Waals surface area (Å²) in [7, 11) is -2.19. The Balaban J connectivity index is 5.04. The van der Waals surface area contributed by atoms with Crippen LogP contribution in [0.4, 0.5) is 0 Å². The van der Waals surface area contributed by atoms with Gasteiger partial charge in [0.15, 0.2) is 0 Å². The van der Waals surface area contributed by atoms with Gasteiger partial charge in [-0.2, -0.15) is 0 Å². The molecular formula is C17H38N2OS. The van der Waals surface area contributed by atoms with Crippen LogP contribution in [0.1, 0.15) is 61.8 Å². The van der Waals surface area contributed by atoms with Gasteiger partial charge in [-0.3, -0.25) is 9.11 Å². The fourth-order valence-electron chi connectivity index (χ4n) is 2.66. The quantitative estimate of drug-likeness (QED) is 0.671. The number of rotatable bonds is 7. The molecule has 0 spiro atoms. The predicted molar refractivity (Wildman–Crippen MR) is 98.4 cm³/mol. The third-order valence-electron chi connectivity index (χ3n) is 4.12. The maximum absolute atomic E-state index is 12.5. The number of nitrogens with zero attached hydrogens (tertiary/aromatic N) is 2. The van der Waals surface area contributed by atoms with E-state index in [-0.39, 0.29) is 11.0 Å². The summed E-state index contributed by atoms with van der Waals surface area (Å²) >= 11 is 0. The van der Waals surface area contributed by atoms with Crippen molar-refractivity contribution in [2.24, 2.45) is 5.41 Å². The van der Waals surface area contributed by atoms with Crippen LogP contribution in [0.2, 0.25) is 0 Å². The van der Waals surface area contributed by atoms with Crippen molar-refractivity contribution < 1.29 is 4.21 Å². The van der Waals surface area contributed by atoms with Crippen LogP contribution < -0.4 is 0 Å². The van der Waals surface area contributed by atoms with E-state index in [1.165, 1.54) is 0 Å². The van der Waals surface area contributed by atoms with Crippen LogP contribution in [-0.4, -0.2) is 56.8 Å². The first kappa shape index (κ1) is 20.9. The van der Waals surface area contributed by atoms with Gasteiger partial charge in [0.05, 0.1) is 0 Å². The Morgan fingerprint density at radius 1 is 1.05 bits per heavy atom. The van der Waals surface area contributed by atoms with Gasteiger partial charge < -0.3 is 0 Å². The largest absolute Gasteiger partial charge is 0.299 e. The Morgan fingerprint density at radius 2 is 1.52 bits per heavy atom. The molecule has 0 amide bonds. The van der Waals surface area contributed by atoms with Crippen molar-refractivity contribution in [3.63, 3.8) is 0 Å². The van der Waals surface area contributed by atoms with Crippen molar-refractivity contribution in [1.82, 2.24) is 9.21 Å². The molecule has 2 atom stereocenters. The first-order chi connectivity index (χ1) is 9.21. The van der Waals surface area contributed by atoms with Crippen LogP contribution in [0, 0.1) is 5.41 Å². The van der Waals surface area contributed by atoms with Crippen molar-refractivity contribution in [1.29, 1.82) is 0 Å². The van der Waals surface area contributed by atoms with Gasteiger partial charge >= 0.3 is 0 Å². The molecule has 0 radical (unpaired) electrons. The molecule has 3 nitrogen and oxygen atoms in total. The SMILES string of the molecule is C=S(C)(=O)N(CCN(CCC)C(C)C(C)(C)C)C(C)(C)C. The number of hydrogen-bond donors (Lipinski definition) is 0. The van der Waals surface area contributed by atoms with E-state index < -0.39 is 9.71 Å². The van der Waals surface area contributed by atoms with Crippen LogP contribution in [0.25, 0.3) is 0 Å². The van der Waals surface area contributed by atoms with Crippen molar-refractivity contribution in [3.8, 4) is 0 Å². The highest BCUT2D eigenvalue weighted by atomic mass is 32.2. The highest BCUT2D eigenvalue weighted by Crippen LogP contribution is 2.25. The maximum Gasteiger partial charge on any atom is 0.0250 e. The van der Waals surface area contributed by atoms with Crippen LogP contribution in [-0.2, 0) is 9.71 Å². The lowest BCUT2D eigenvalue weighted by molar-refractivity contribution is 0.0997. The van der Waals surface area contributed by atoms with Crippen molar-refractivity contribution in [2.45, 2.75) is 73.4 Å². The van der Waals surface area contributed by atoms with Crippen molar-refractivity contribution >= 4 is 15.6 Å². The fourth-order valence-corrected chi connectivity index (χ4v) is 4.29. The molecular weight excluding hydrogens is 280 g/mol. The molecule has 0 fully saturated rings. The van der Waals surface area contributed by atoms with Gasteiger partial charge in [-0.15, -0.1) is 0 Å². The minimum Gasteiger partial charge on any atom is -0.299 e. The Bertz CT molecular complexity index is 401. The zero-order chi connectivity index (χ0) is 17.1. The molecule has 0 heterocycles. The highest BCUT2D eigenvalue weighted by molar-refractivity contribution is 7.97. The lowest BCUT2D eigenvalue weighted by Gasteiger charge is -2.41. The maximum atomic E-state index is 12.5. The molecule has 4 heteroatoms. The lowest BCUT2D eigenvalue weighted by atomic mass is 9.87. The fraction of sp³-hybridized carbons (Fsp3) is 0.941. The zero-order valence-corrected chi connectivity index (χ0v) is 16.6. The summed E-state index contributed by atoms with van der Waals surface area (Å²) in [6.07, 6.45) is 2.89. The molecule has 0 aliphatic rings. The Morgan fingerprint density at radius 3 is 1.81 bits per heavy atom. The van der Waals surface area contributed by atoms with Gasteiger partial charge in [0.25, 0.3) is 0 Å². The van der Waals surface area contributed by atoms with E-state index in [9.17, 15) is 4.21 Å². The normalized spacial score (nSPS) is 18.0. The molecule has 0 bridgehead atoms. The first-order valence-electron chi connectivity index (χ1n) is 8.05. The van der Waals surface area contributed by atoms with E-state index >= 15 is 0 Å². The number of hydrogen-bond acceptors (Lipinski definition) is 2. The van der Waals surface area contributed by atoms with Crippen LogP contribution in [0.3, 0.4) is 0 Å². The second-order valence-electron chi connectivity index (χ2n) is 8.31. The van der Waals surface area contributed by atoms with Gasteiger partial charge in [-0.1, -0.05) is 27.7 Å². The van der Waals surface area contributed by atoms with E-state index in [0.717, 1.165) is 26.1 Å².